The van der Waals surface area contributed by atoms with Crippen LogP contribution in [-0.4, -0.2) is 52.0 Å². The third-order valence-corrected chi connectivity index (χ3v) is 0.421. The molecule has 0 aromatic rings. The summed E-state index contributed by atoms with van der Waals surface area (Å²) in [7, 11) is 0. The Hall–Kier alpha value is 0.412. The minimum Gasteiger partial charge on any atom is -0.394 e. The Morgan fingerprint density at radius 1 is 1.14 bits per heavy atom. The first kappa shape index (κ1) is 10.4. The number of aliphatic hydroxyl groups is 3. The molecule has 0 saturated carbocycles. The minimum absolute atomic E-state index is 0. The maximum atomic E-state index is 8.17. The van der Waals surface area contributed by atoms with E-state index >= 15 is 0 Å². The molecule has 0 bridgehead atoms. The van der Waals surface area contributed by atoms with Gasteiger partial charge in [-0.2, -0.15) is 0 Å². The van der Waals surface area contributed by atoms with Gasteiger partial charge in [0.1, 0.15) is 6.10 Å². The van der Waals surface area contributed by atoms with E-state index < -0.39 is 6.10 Å². The highest BCUT2D eigenvalue weighted by molar-refractivity contribution is 5.75. The fourth-order valence-corrected chi connectivity index (χ4v) is 0.0577. The van der Waals surface area contributed by atoms with Crippen LogP contribution in [0.15, 0.2) is 0 Å². The maximum absolute atomic E-state index is 8.17. The molecule has 0 rings (SSSR count). The van der Waals surface area contributed by atoms with Crippen LogP contribution in [0, 0.1) is 0 Å². The van der Waals surface area contributed by atoms with E-state index in [0.29, 0.717) is 0 Å². The van der Waals surface area contributed by atoms with Crippen LogP contribution in [0.4, 0.5) is 0 Å². The molecule has 0 aromatic heterocycles. The van der Waals surface area contributed by atoms with Crippen molar-refractivity contribution in [2.75, 3.05) is 13.2 Å². The molecule has 7 heavy (non-hydrogen) atoms. The molecule has 0 amide bonds. The molecule has 3 nitrogen and oxygen atoms in total. The molecule has 0 aliphatic carbocycles. The summed E-state index contributed by atoms with van der Waals surface area (Å²) >= 11 is 0. The Morgan fingerprint density at radius 2 is 1.43 bits per heavy atom. The molecule has 0 aliphatic rings. The van der Waals surface area contributed by atoms with Crippen LogP contribution in [0.5, 0.6) is 0 Å². The lowest BCUT2D eigenvalue weighted by molar-refractivity contribution is 0.0450. The summed E-state index contributed by atoms with van der Waals surface area (Å²) in [5.41, 5.74) is 0. The van der Waals surface area contributed by atoms with Gasteiger partial charge in [-0.25, -0.2) is 0 Å². The van der Waals surface area contributed by atoms with E-state index in [1.165, 1.54) is 0 Å². The van der Waals surface area contributed by atoms with E-state index in [2.05, 4.69) is 0 Å². The summed E-state index contributed by atoms with van der Waals surface area (Å²) in [6, 6.07) is 0. The number of aliphatic hydroxyl groups excluding tert-OH is 3. The molecule has 0 atom stereocenters. The summed E-state index contributed by atoms with van der Waals surface area (Å²) in [6.45, 7) is -0.729. The lowest BCUT2D eigenvalue weighted by atomic mass is 10.4. The Labute approximate surface area is 52.7 Å². The summed E-state index contributed by atoms with van der Waals surface area (Å²) < 4.78 is 0. The van der Waals surface area contributed by atoms with E-state index in [1.807, 2.05) is 0 Å². The smallest absolute Gasteiger partial charge is 0.187 e. The highest BCUT2D eigenvalue weighted by atomic mass is 27.0. The number of hydrogen-bond donors (Lipinski definition) is 3. The largest absolute Gasteiger partial charge is 0.394 e. The molecule has 0 unspecified atom stereocenters. The van der Waals surface area contributed by atoms with Gasteiger partial charge in [-0.3, -0.25) is 0 Å². The zero-order valence-electron chi connectivity index (χ0n) is 3.33. The predicted octanol–water partition coefficient (Wildman–Crippen LogP) is -2.85. The van der Waals surface area contributed by atoms with E-state index in [9.17, 15) is 0 Å². The van der Waals surface area contributed by atoms with Crippen molar-refractivity contribution < 1.29 is 15.3 Å². The van der Waals surface area contributed by atoms with Gasteiger partial charge in [0.15, 0.2) is 17.4 Å². The molecule has 3 N–H and O–H groups in total. The van der Waals surface area contributed by atoms with E-state index in [0.717, 1.165) is 0 Å². The van der Waals surface area contributed by atoms with E-state index in [4.69, 9.17) is 15.3 Å². The van der Waals surface area contributed by atoms with Crippen molar-refractivity contribution in [3.8, 4) is 0 Å². The lowest BCUT2D eigenvalue weighted by Gasteiger charge is -1.96. The highest BCUT2D eigenvalue weighted by Gasteiger charge is 1.93. The first-order valence-electron chi connectivity index (χ1n) is 1.71. The van der Waals surface area contributed by atoms with Gasteiger partial charge in [0.25, 0.3) is 0 Å². The summed E-state index contributed by atoms with van der Waals surface area (Å²) in [6.07, 6.45) is -0.954. The zero-order chi connectivity index (χ0) is 4.99. The minimum atomic E-state index is -0.954. The quantitative estimate of drug-likeness (QED) is 0.345. The molecular formula is C3H11AlO3. The molecule has 44 valence electrons. The number of hydrogen-bond acceptors (Lipinski definition) is 3. The standard InChI is InChI=1S/C3H8O3.Al.3H/c4-1-3(6)2-5;;;;/h3-6H,1-2H2;;;;. The van der Waals surface area contributed by atoms with Crippen molar-refractivity contribution in [3.63, 3.8) is 0 Å². The van der Waals surface area contributed by atoms with Crippen molar-refractivity contribution >= 4 is 17.4 Å². The monoisotopic (exact) mass is 122 g/mol. The normalized spacial score (nSPS) is 8.57. The van der Waals surface area contributed by atoms with Gasteiger partial charge in [-0.15, -0.1) is 0 Å². The molecular weight excluding hydrogens is 111 g/mol. The number of rotatable bonds is 2. The second kappa shape index (κ2) is 6.41. The van der Waals surface area contributed by atoms with Crippen molar-refractivity contribution in [3.05, 3.63) is 0 Å². The van der Waals surface area contributed by atoms with Crippen LogP contribution in [0.25, 0.3) is 0 Å². The van der Waals surface area contributed by atoms with Gasteiger partial charge in [0.05, 0.1) is 13.2 Å². The Kier molecular flexibility index (Phi) is 9.53. The summed E-state index contributed by atoms with van der Waals surface area (Å²) in [5.74, 6) is 0. The topological polar surface area (TPSA) is 60.7 Å². The zero-order valence-corrected chi connectivity index (χ0v) is 3.33. The molecule has 0 saturated heterocycles. The van der Waals surface area contributed by atoms with Crippen molar-refractivity contribution in [1.29, 1.82) is 0 Å². The first-order valence-corrected chi connectivity index (χ1v) is 1.71. The second-order valence-electron chi connectivity index (χ2n) is 1.02. The van der Waals surface area contributed by atoms with Gasteiger partial charge in [-0.1, -0.05) is 0 Å². The van der Waals surface area contributed by atoms with Gasteiger partial charge >= 0.3 is 0 Å². The molecule has 0 fully saturated rings. The Morgan fingerprint density at radius 3 is 1.43 bits per heavy atom. The third kappa shape index (κ3) is 6.41. The summed E-state index contributed by atoms with van der Waals surface area (Å²) in [5, 5.41) is 24.0. The lowest BCUT2D eigenvalue weighted by Crippen LogP contribution is -2.15. The Balaban J connectivity index is 0. The molecule has 0 heterocycles. The molecule has 4 heteroatoms. The van der Waals surface area contributed by atoms with E-state index in [1.54, 1.807) is 0 Å². The maximum Gasteiger partial charge on any atom is 0.187 e. The van der Waals surface area contributed by atoms with Crippen LogP contribution in [-0.2, 0) is 0 Å². The van der Waals surface area contributed by atoms with Crippen LogP contribution in [0.3, 0.4) is 0 Å². The molecule has 0 aromatic carbocycles. The SMILES string of the molecule is OCC(O)CO.[AlH3]. The summed E-state index contributed by atoms with van der Waals surface area (Å²) in [4.78, 5) is 0. The second-order valence-corrected chi connectivity index (χ2v) is 1.02. The van der Waals surface area contributed by atoms with Gasteiger partial charge in [-0.05, 0) is 0 Å². The fourth-order valence-electron chi connectivity index (χ4n) is 0.0577. The van der Waals surface area contributed by atoms with Crippen molar-refractivity contribution in [2.45, 2.75) is 6.10 Å². The fraction of sp³-hybridized carbons (Fsp3) is 1.00. The van der Waals surface area contributed by atoms with E-state index in [-0.39, 0.29) is 30.6 Å². The van der Waals surface area contributed by atoms with Gasteiger partial charge in [0, 0.05) is 0 Å². The van der Waals surface area contributed by atoms with Gasteiger partial charge < -0.3 is 15.3 Å². The molecule has 0 aliphatic heterocycles. The third-order valence-electron chi connectivity index (χ3n) is 0.421. The van der Waals surface area contributed by atoms with Gasteiger partial charge in [0.2, 0.25) is 0 Å². The van der Waals surface area contributed by atoms with Crippen molar-refractivity contribution in [1.82, 2.24) is 0 Å². The average Bonchev–Trinajstić information content (AvgIpc) is 1.65. The van der Waals surface area contributed by atoms with Crippen LogP contribution < -0.4 is 0 Å². The molecule has 0 radical (unpaired) electrons. The Bertz CT molecular complexity index is 29.4. The highest BCUT2D eigenvalue weighted by Crippen LogP contribution is 1.71. The van der Waals surface area contributed by atoms with Crippen molar-refractivity contribution in [2.24, 2.45) is 0 Å². The predicted molar refractivity (Wildman–Crippen MR) is 30.1 cm³/mol. The van der Waals surface area contributed by atoms with Crippen LogP contribution >= 0.6 is 0 Å². The van der Waals surface area contributed by atoms with Crippen LogP contribution in [0.1, 0.15) is 0 Å². The van der Waals surface area contributed by atoms with Crippen LogP contribution in [0.2, 0.25) is 0 Å². The average molecular weight is 122 g/mol. The molecule has 0 spiro atoms. The first-order chi connectivity index (χ1) is 2.81.